The maximum absolute atomic E-state index is 13.5. The fourth-order valence-corrected chi connectivity index (χ4v) is 5.36. The van der Waals surface area contributed by atoms with Gasteiger partial charge in [0.05, 0.1) is 24.9 Å². The number of ether oxygens (including phenoxy) is 1. The molecule has 0 saturated carbocycles. The van der Waals surface area contributed by atoms with Gasteiger partial charge in [-0.05, 0) is 35.9 Å². The fraction of sp³-hybridized carbons (Fsp3) is 0.154. The molecule has 0 saturated heterocycles. The number of fused-ring (bicyclic) bond motifs is 2. The van der Waals surface area contributed by atoms with Crippen LogP contribution in [0.4, 0.5) is 5.69 Å². The predicted molar refractivity (Wildman–Crippen MR) is 126 cm³/mol. The normalized spacial score (nSPS) is 16.1. The molecule has 0 N–H and O–H groups in total. The molecule has 154 valence electrons. The van der Waals surface area contributed by atoms with Crippen molar-refractivity contribution in [1.29, 1.82) is 0 Å². The van der Waals surface area contributed by atoms with Crippen molar-refractivity contribution in [1.82, 2.24) is 4.98 Å². The van der Waals surface area contributed by atoms with Gasteiger partial charge in [0.25, 0.3) is 0 Å². The first kappa shape index (κ1) is 19.6. The van der Waals surface area contributed by atoms with Crippen molar-refractivity contribution in [3.63, 3.8) is 0 Å². The van der Waals surface area contributed by atoms with Crippen LogP contribution in [-0.4, -0.2) is 18.0 Å². The van der Waals surface area contributed by atoms with E-state index in [2.05, 4.69) is 35.3 Å². The van der Waals surface area contributed by atoms with E-state index in [4.69, 9.17) is 4.74 Å². The summed E-state index contributed by atoms with van der Waals surface area (Å²) in [5.74, 6) is 0.925. The highest BCUT2D eigenvalue weighted by molar-refractivity contribution is 7.99. The van der Waals surface area contributed by atoms with Crippen LogP contribution in [0.2, 0.25) is 0 Å². The lowest BCUT2D eigenvalue weighted by Crippen LogP contribution is -2.30. The van der Waals surface area contributed by atoms with E-state index in [1.54, 1.807) is 25.1 Å². The van der Waals surface area contributed by atoms with Gasteiger partial charge in [0, 0.05) is 33.7 Å². The Bertz CT molecular complexity index is 1260. The smallest absolute Gasteiger partial charge is 0.228 e. The summed E-state index contributed by atoms with van der Waals surface area (Å²) >= 11 is 1.73. The first-order valence-electron chi connectivity index (χ1n) is 10.3. The topological polar surface area (TPSA) is 42.4 Å². The first-order valence-corrected chi connectivity index (χ1v) is 11.1. The summed E-state index contributed by atoms with van der Waals surface area (Å²) in [6.45, 7) is 0.515. The zero-order chi connectivity index (χ0) is 21.2. The number of carbonyl (C=O) groups excluding carboxylic acids is 1. The van der Waals surface area contributed by atoms with Gasteiger partial charge in [-0.3, -0.25) is 9.78 Å². The van der Waals surface area contributed by atoms with Crippen LogP contribution in [-0.2, 0) is 11.3 Å². The summed E-state index contributed by atoms with van der Waals surface area (Å²) in [5, 5.41) is 1.09. The van der Waals surface area contributed by atoms with Gasteiger partial charge in [-0.25, -0.2) is 0 Å². The number of amides is 1. The van der Waals surface area contributed by atoms with Gasteiger partial charge in [-0.1, -0.05) is 48.5 Å². The van der Waals surface area contributed by atoms with Crippen LogP contribution < -0.4 is 9.64 Å². The number of methoxy groups -OCH3 is 1. The van der Waals surface area contributed by atoms with E-state index in [9.17, 15) is 4.79 Å². The predicted octanol–water partition coefficient (Wildman–Crippen LogP) is 6.01. The number of anilines is 1. The SMILES string of the molecule is COc1ccccc1C1CC(=O)N(Cc2ccc3cccnc3c2)c2ccccc2S1. The van der Waals surface area contributed by atoms with Gasteiger partial charge in [0.2, 0.25) is 5.91 Å². The number of para-hydroxylation sites is 2. The first-order chi connectivity index (χ1) is 15.2. The maximum Gasteiger partial charge on any atom is 0.228 e. The van der Waals surface area contributed by atoms with E-state index in [0.717, 1.165) is 38.4 Å². The lowest BCUT2D eigenvalue weighted by molar-refractivity contribution is -0.118. The van der Waals surface area contributed by atoms with Crippen molar-refractivity contribution in [2.24, 2.45) is 0 Å². The minimum atomic E-state index is -0.00642. The number of hydrogen-bond acceptors (Lipinski definition) is 4. The summed E-state index contributed by atoms with van der Waals surface area (Å²) < 4.78 is 5.58. The highest BCUT2D eigenvalue weighted by Gasteiger charge is 2.30. The van der Waals surface area contributed by atoms with Crippen LogP contribution in [0.5, 0.6) is 5.75 Å². The molecule has 0 bridgehead atoms. The van der Waals surface area contributed by atoms with Gasteiger partial charge in [-0.15, -0.1) is 11.8 Å². The van der Waals surface area contributed by atoms with Crippen LogP contribution >= 0.6 is 11.8 Å². The number of aromatic nitrogens is 1. The zero-order valence-electron chi connectivity index (χ0n) is 17.2. The quantitative estimate of drug-likeness (QED) is 0.401. The number of benzene rings is 3. The molecular formula is C26H22N2O2S. The van der Waals surface area contributed by atoms with E-state index >= 15 is 0 Å². The van der Waals surface area contributed by atoms with Crippen molar-refractivity contribution >= 4 is 34.3 Å². The van der Waals surface area contributed by atoms with E-state index < -0.39 is 0 Å². The number of thioether (sulfide) groups is 1. The summed E-state index contributed by atoms with van der Waals surface area (Å²) in [6, 6.07) is 26.3. The number of carbonyl (C=O) groups is 1. The van der Waals surface area contributed by atoms with Crippen molar-refractivity contribution in [2.75, 3.05) is 12.0 Å². The molecule has 4 nitrogen and oxygen atoms in total. The highest BCUT2D eigenvalue weighted by atomic mass is 32.2. The third-order valence-electron chi connectivity index (χ3n) is 5.58. The molecule has 1 atom stereocenters. The molecule has 2 heterocycles. The lowest BCUT2D eigenvalue weighted by Gasteiger charge is -2.23. The number of nitrogens with zero attached hydrogens (tertiary/aromatic N) is 2. The van der Waals surface area contributed by atoms with E-state index in [1.807, 2.05) is 53.4 Å². The van der Waals surface area contributed by atoms with Crippen molar-refractivity contribution in [3.05, 3.63) is 96.2 Å². The molecular weight excluding hydrogens is 404 g/mol. The molecule has 0 radical (unpaired) electrons. The van der Waals surface area contributed by atoms with Crippen molar-refractivity contribution in [2.45, 2.75) is 23.1 Å². The molecule has 31 heavy (non-hydrogen) atoms. The van der Waals surface area contributed by atoms with Gasteiger partial charge < -0.3 is 9.64 Å². The summed E-state index contributed by atoms with van der Waals surface area (Å²) in [6.07, 6.45) is 2.21. The van der Waals surface area contributed by atoms with Crippen LogP contribution in [0, 0.1) is 0 Å². The van der Waals surface area contributed by atoms with E-state index in [0.29, 0.717) is 13.0 Å². The molecule has 5 heteroatoms. The molecule has 1 aromatic heterocycles. The van der Waals surface area contributed by atoms with Gasteiger partial charge in [0.1, 0.15) is 5.75 Å². The Hall–Kier alpha value is -3.31. The van der Waals surface area contributed by atoms with Crippen LogP contribution in [0.15, 0.2) is 90.0 Å². The van der Waals surface area contributed by atoms with Crippen LogP contribution in [0.1, 0.15) is 22.8 Å². The number of rotatable bonds is 4. The van der Waals surface area contributed by atoms with E-state index in [1.165, 1.54) is 0 Å². The number of pyridine rings is 1. The monoisotopic (exact) mass is 426 g/mol. The molecule has 5 rings (SSSR count). The van der Waals surface area contributed by atoms with Crippen LogP contribution in [0.25, 0.3) is 10.9 Å². The molecule has 3 aromatic carbocycles. The third-order valence-corrected chi connectivity index (χ3v) is 6.89. The Morgan fingerprint density at radius 2 is 1.87 bits per heavy atom. The Balaban J connectivity index is 1.52. The second-order valence-electron chi connectivity index (χ2n) is 7.53. The maximum atomic E-state index is 13.5. The molecule has 0 fully saturated rings. The fourth-order valence-electron chi connectivity index (χ4n) is 4.05. The third kappa shape index (κ3) is 3.89. The Morgan fingerprint density at radius 1 is 1.03 bits per heavy atom. The molecule has 0 spiro atoms. The van der Waals surface area contributed by atoms with Crippen molar-refractivity contribution in [3.8, 4) is 5.75 Å². The Labute approximate surface area is 185 Å². The van der Waals surface area contributed by atoms with Crippen molar-refractivity contribution < 1.29 is 9.53 Å². The minimum absolute atomic E-state index is 0.00642. The summed E-state index contributed by atoms with van der Waals surface area (Å²) in [5.41, 5.74) is 4.01. The average Bonchev–Trinajstić information content (AvgIpc) is 2.95. The summed E-state index contributed by atoms with van der Waals surface area (Å²) in [4.78, 5) is 21.0. The second kappa shape index (κ2) is 8.44. The van der Waals surface area contributed by atoms with Gasteiger partial charge in [-0.2, -0.15) is 0 Å². The Kier molecular flexibility index (Phi) is 5.35. The highest BCUT2D eigenvalue weighted by Crippen LogP contribution is 2.47. The largest absolute Gasteiger partial charge is 0.496 e. The standard InChI is InChI=1S/C26H22N2O2S/c1-30-23-10-4-2-8-20(23)25-16-26(29)28(22-9-3-5-11-24(22)31-25)17-18-12-13-19-7-6-14-27-21(19)15-18/h2-15,25H,16-17H2,1H3. The van der Waals surface area contributed by atoms with Gasteiger partial charge in [0.15, 0.2) is 0 Å². The Morgan fingerprint density at radius 3 is 2.77 bits per heavy atom. The molecule has 4 aromatic rings. The lowest BCUT2D eigenvalue weighted by atomic mass is 10.1. The molecule has 1 aliphatic heterocycles. The molecule has 1 amide bonds. The number of hydrogen-bond donors (Lipinski definition) is 0. The minimum Gasteiger partial charge on any atom is -0.496 e. The molecule has 1 aliphatic rings. The average molecular weight is 427 g/mol. The van der Waals surface area contributed by atoms with Crippen LogP contribution in [0.3, 0.4) is 0 Å². The molecule has 0 aliphatic carbocycles. The summed E-state index contributed by atoms with van der Waals surface area (Å²) in [7, 11) is 1.68. The molecule has 1 unspecified atom stereocenters. The van der Waals surface area contributed by atoms with Gasteiger partial charge >= 0.3 is 0 Å². The second-order valence-corrected chi connectivity index (χ2v) is 8.78. The van der Waals surface area contributed by atoms with E-state index in [-0.39, 0.29) is 11.2 Å². The zero-order valence-corrected chi connectivity index (χ0v) is 18.0.